The zero-order valence-corrected chi connectivity index (χ0v) is 25.0. The lowest BCUT2D eigenvalue weighted by atomic mass is 10.0. The van der Waals surface area contributed by atoms with Crippen LogP contribution in [0.4, 0.5) is 14.5 Å². The van der Waals surface area contributed by atoms with Gasteiger partial charge in [-0.3, -0.25) is 9.00 Å². The van der Waals surface area contributed by atoms with Crippen molar-refractivity contribution in [1.82, 2.24) is 9.55 Å². The minimum Gasteiger partial charge on any atom is -0.494 e. The fraction of sp³-hybridized carbons (Fsp3) is 0.273. The van der Waals surface area contributed by atoms with E-state index >= 15 is 0 Å². The van der Waals surface area contributed by atoms with Gasteiger partial charge in [-0.25, -0.2) is 4.98 Å². The molecule has 43 heavy (non-hydrogen) atoms. The van der Waals surface area contributed by atoms with E-state index in [1.165, 1.54) is 18.2 Å². The summed E-state index contributed by atoms with van der Waals surface area (Å²) in [4.78, 5) is 17.5. The van der Waals surface area contributed by atoms with Crippen LogP contribution in [0.5, 0.6) is 11.5 Å². The van der Waals surface area contributed by atoms with Crippen LogP contribution in [0.2, 0.25) is 0 Å². The normalized spacial score (nSPS) is 12.0. The van der Waals surface area contributed by atoms with Crippen molar-refractivity contribution in [3.05, 3.63) is 96.6 Å². The topological polar surface area (TPSA) is 82.4 Å². The van der Waals surface area contributed by atoms with E-state index < -0.39 is 23.3 Å². The van der Waals surface area contributed by atoms with Crippen LogP contribution >= 0.6 is 0 Å². The van der Waals surface area contributed by atoms with E-state index in [9.17, 15) is 17.8 Å². The fourth-order valence-corrected chi connectivity index (χ4v) is 5.42. The Labute approximate surface area is 253 Å². The zero-order chi connectivity index (χ0) is 30.6. The lowest BCUT2D eigenvalue weighted by Crippen LogP contribution is -2.08. The number of imidazole rings is 1. The van der Waals surface area contributed by atoms with Gasteiger partial charge in [-0.05, 0) is 78.6 Å². The average molecular weight is 608 g/mol. The molecular formula is C33H35F2N3O4S. The predicted octanol–water partition coefficient (Wildman–Crippen LogP) is 7.70. The first-order valence-corrected chi connectivity index (χ1v) is 15.5. The fourth-order valence-electron chi connectivity index (χ4n) is 4.31. The quantitative estimate of drug-likeness (QED) is 0.111. The van der Waals surface area contributed by atoms with Crippen molar-refractivity contribution < 1.29 is 27.3 Å². The number of aromatic nitrogens is 2. The Morgan fingerprint density at radius 2 is 1.77 bits per heavy atom. The van der Waals surface area contributed by atoms with Gasteiger partial charge >= 0.3 is 6.61 Å². The third-order valence-electron chi connectivity index (χ3n) is 6.52. The molecule has 1 amide bonds. The molecule has 0 spiro atoms. The molecule has 0 saturated carbocycles. The summed E-state index contributed by atoms with van der Waals surface area (Å²) in [6, 6.07) is 19.1. The molecule has 0 aliphatic heterocycles. The van der Waals surface area contributed by atoms with Gasteiger partial charge in [-0.2, -0.15) is 8.78 Å². The first-order valence-electron chi connectivity index (χ1n) is 14.1. The molecule has 3 aromatic carbocycles. The van der Waals surface area contributed by atoms with E-state index in [0.29, 0.717) is 28.5 Å². The number of benzene rings is 3. The minimum absolute atomic E-state index is 0.0468. The molecule has 0 aliphatic carbocycles. The molecule has 4 rings (SSSR count). The Morgan fingerprint density at radius 3 is 2.47 bits per heavy atom. The summed E-state index contributed by atoms with van der Waals surface area (Å²) in [6.07, 6.45) is 9.11. The Kier molecular flexibility index (Phi) is 11.6. The highest BCUT2D eigenvalue weighted by Gasteiger charge is 2.12. The number of rotatable bonds is 15. The van der Waals surface area contributed by atoms with Gasteiger partial charge in [0, 0.05) is 35.0 Å². The SMILES string of the molecule is CCCCOc1ccc(-c2ccc(OC(F)F)c(/C=C/C(=O)Nc3ccc([S@@](=O)Cc4cncn4CCC)cc3)c2)cc1. The van der Waals surface area contributed by atoms with Crippen molar-refractivity contribution in [1.29, 1.82) is 0 Å². The predicted molar refractivity (Wildman–Crippen MR) is 166 cm³/mol. The number of anilines is 1. The van der Waals surface area contributed by atoms with Gasteiger partial charge in [0.15, 0.2) is 0 Å². The lowest BCUT2D eigenvalue weighted by molar-refractivity contribution is -0.111. The number of unbranched alkanes of at least 4 members (excludes halogenated alkanes) is 1. The van der Waals surface area contributed by atoms with E-state index in [1.807, 2.05) is 28.8 Å². The molecule has 0 fully saturated rings. The van der Waals surface area contributed by atoms with Crippen LogP contribution in [0.15, 0.2) is 90.2 Å². The monoisotopic (exact) mass is 607 g/mol. The first-order chi connectivity index (χ1) is 20.9. The van der Waals surface area contributed by atoms with Crippen LogP contribution < -0.4 is 14.8 Å². The highest BCUT2D eigenvalue weighted by atomic mass is 32.2. The zero-order valence-electron chi connectivity index (χ0n) is 24.2. The van der Waals surface area contributed by atoms with Crippen LogP contribution in [-0.2, 0) is 27.9 Å². The van der Waals surface area contributed by atoms with Gasteiger partial charge < -0.3 is 19.4 Å². The molecule has 0 radical (unpaired) electrons. The molecule has 226 valence electrons. The van der Waals surface area contributed by atoms with Gasteiger partial charge in [0.1, 0.15) is 11.5 Å². The minimum atomic E-state index is -3.01. The standard InChI is InChI=1S/C33H35F2N3O4S/c1-3-5-19-41-29-12-6-24(7-13-29)25-8-16-31(42-33(34)35)26(20-25)9-17-32(39)37-27-10-14-30(15-11-27)43(40)22-28-21-36-23-38(28)18-4-2/h6-17,20-21,23,33H,3-5,18-19,22H2,1-2H3,(H,37,39)/b17-9+/t43-/m0/s1. The highest BCUT2D eigenvalue weighted by molar-refractivity contribution is 7.84. The smallest absolute Gasteiger partial charge is 0.387 e. The number of nitrogens with one attached hydrogen (secondary N) is 1. The summed E-state index contributed by atoms with van der Waals surface area (Å²) in [6.45, 7) is 2.61. The van der Waals surface area contributed by atoms with E-state index in [-0.39, 0.29) is 5.75 Å². The second kappa shape index (κ2) is 15.8. The molecule has 0 saturated heterocycles. The molecule has 1 N–H and O–H groups in total. The Bertz CT molecular complexity index is 1540. The number of carbonyl (C=O) groups excluding carboxylic acids is 1. The number of nitrogens with zero attached hydrogens (tertiary/aromatic N) is 2. The lowest BCUT2D eigenvalue weighted by Gasteiger charge is -2.11. The van der Waals surface area contributed by atoms with Crippen LogP contribution in [-0.4, -0.2) is 32.9 Å². The highest BCUT2D eigenvalue weighted by Crippen LogP contribution is 2.30. The van der Waals surface area contributed by atoms with Crippen LogP contribution in [0.1, 0.15) is 44.4 Å². The second-order valence-electron chi connectivity index (χ2n) is 9.77. The largest absolute Gasteiger partial charge is 0.494 e. The molecule has 0 bridgehead atoms. The van der Waals surface area contributed by atoms with Crippen molar-refractivity contribution in [3.63, 3.8) is 0 Å². The van der Waals surface area contributed by atoms with Gasteiger partial charge in [-0.1, -0.05) is 38.5 Å². The summed E-state index contributed by atoms with van der Waals surface area (Å²) in [5.41, 5.74) is 3.35. The summed E-state index contributed by atoms with van der Waals surface area (Å²) in [5.74, 6) is 0.590. The number of carbonyl (C=O) groups is 1. The Balaban J connectivity index is 1.42. The van der Waals surface area contributed by atoms with Gasteiger partial charge in [0.2, 0.25) is 5.91 Å². The summed E-state index contributed by atoms with van der Waals surface area (Å²) in [7, 11) is -1.28. The van der Waals surface area contributed by atoms with Crippen molar-refractivity contribution in [3.8, 4) is 22.6 Å². The number of ether oxygens (including phenoxy) is 2. The van der Waals surface area contributed by atoms with Crippen LogP contribution in [0.3, 0.4) is 0 Å². The van der Waals surface area contributed by atoms with Crippen LogP contribution in [0.25, 0.3) is 17.2 Å². The average Bonchev–Trinajstić information content (AvgIpc) is 3.43. The molecule has 4 aromatic rings. The molecule has 0 unspecified atom stereocenters. The van der Waals surface area contributed by atoms with Crippen molar-refractivity contribution in [2.75, 3.05) is 11.9 Å². The van der Waals surface area contributed by atoms with Crippen molar-refractivity contribution in [2.24, 2.45) is 0 Å². The third kappa shape index (κ3) is 9.34. The maximum Gasteiger partial charge on any atom is 0.387 e. The number of hydrogen-bond donors (Lipinski definition) is 1. The van der Waals surface area contributed by atoms with Gasteiger partial charge in [-0.15, -0.1) is 0 Å². The second-order valence-corrected chi connectivity index (χ2v) is 11.2. The summed E-state index contributed by atoms with van der Waals surface area (Å²) < 4.78 is 51.4. The summed E-state index contributed by atoms with van der Waals surface area (Å²) >= 11 is 0. The molecule has 10 heteroatoms. The van der Waals surface area contributed by atoms with E-state index in [2.05, 4.69) is 28.9 Å². The molecule has 1 aromatic heterocycles. The van der Waals surface area contributed by atoms with E-state index in [1.54, 1.807) is 48.9 Å². The Hall–Kier alpha value is -4.31. The maximum atomic E-state index is 13.1. The number of amides is 1. The van der Waals surface area contributed by atoms with E-state index in [0.717, 1.165) is 48.4 Å². The summed E-state index contributed by atoms with van der Waals surface area (Å²) in [5, 5.41) is 2.74. The van der Waals surface area contributed by atoms with E-state index in [4.69, 9.17) is 4.74 Å². The molecule has 7 nitrogen and oxygen atoms in total. The molecule has 1 atom stereocenters. The number of alkyl halides is 2. The van der Waals surface area contributed by atoms with Gasteiger partial charge in [0.25, 0.3) is 0 Å². The molecule has 0 aliphatic rings. The van der Waals surface area contributed by atoms with Crippen molar-refractivity contribution >= 4 is 28.5 Å². The number of aryl methyl sites for hydroxylation is 1. The number of hydrogen-bond acceptors (Lipinski definition) is 5. The maximum absolute atomic E-state index is 13.1. The van der Waals surface area contributed by atoms with Crippen LogP contribution in [0, 0.1) is 0 Å². The van der Waals surface area contributed by atoms with Crippen molar-refractivity contribution in [2.45, 2.75) is 56.9 Å². The molecule has 1 heterocycles. The van der Waals surface area contributed by atoms with Gasteiger partial charge in [0.05, 0.1) is 35.2 Å². The molecular weight excluding hydrogens is 572 g/mol. The first kappa shape index (κ1) is 31.6. The third-order valence-corrected chi connectivity index (χ3v) is 7.88. The Morgan fingerprint density at radius 1 is 1.02 bits per heavy atom. The number of halogens is 2.